The van der Waals surface area contributed by atoms with E-state index in [0.29, 0.717) is 24.8 Å². The van der Waals surface area contributed by atoms with Crippen molar-refractivity contribution in [2.45, 2.75) is 70.8 Å². The lowest BCUT2D eigenvalue weighted by Gasteiger charge is -2.42. The summed E-state index contributed by atoms with van der Waals surface area (Å²) in [5, 5.41) is 12.7. The van der Waals surface area contributed by atoms with Gasteiger partial charge in [-0.25, -0.2) is 0 Å². The summed E-state index contributed by atoms with van der Waals surface area (Å²) in [6.07, 6.45) is 9.21. The van der Waals surface area contributed by atoms with Crippen LogP contribution in [0.2, 0.25) is 0 Å². The largest absolute Gasteiger partial charge is 0.361 e. The number of hydrogen-bond acceptors (Lipinski definition) is 5. The Labute approximate surface area is 159 Å². The first-order valence-electron chi connectivity index (χ1n) is 10.2. The monoisotopic (exact) mass is 369 g/mol. The van der Waals surface area contributed by atoms with Crippen LogP contribution >= 0.6 is 0 Å². The van der Waals surface area contributed by atoms with Crippen molar-refractivity contribution < 1.29 is 9.32 Å². The highest BCUT2D eigenvalue weighted by atomic mass is 16.5. The Morgan fingerprint density at radius 3 is 2.78 bits per heavy atom. The number of likely N-dealkylation sites (tertiary alicyclic amines) is 1. The third-order valence-electron chi connectivity index (χ3n) is 6.97. The van der Waals surface area contributed by atoms with Crippen LogP contribution in [0.1, 0.15) is 73.3 Å². The quantitative estimate of drug-likeness (QED) is 0.810. The predicted molar refractivity (Wildman–Crippen MR) is 98.2 cm³/mol. The molecule has 1 spiro atoms. The summed E-state index contributed by atoms with van der Waals surface area (Å²) < 4.78 is 7.51. The molecule has 5 rings (SSSR count). The minimum atomic E-state index is 0.221. The molecule has 1 atom stereocenters. The maximum absolute atomic E-state index is 13.0. The summed E-state index contributed by atoms with van der Waals surface area (Å²) in [4.78, 5) is 15.0. The molecule has 2 aromatic heterocycles. The molecule has 3 heterocycles. The van der Waals surface area contributed by atoms with Gasteiger partial charge in [-0.2, -0.15) is 0 Å². The van der Waals surface area contributed by atoms with Crippen molar-refractivity contribution in [2.24, 2.45) is 5.41 Å². The van der Waals surface area contributed by atoms with Crippen LogP contribution in [-0.2, 0) is 11.2 Å². The molecule has 0 aromatic carbocycles. The highest BCUT2D eigenvalue weighted by molar-refractivity contribution is 5.77. The van der Waals surface area contributed by atoms with E-state index in [9.17, 15) is 4.79 Å². The second kappa shape index (κ2) is 6.17. The standard InChI is InChI=1S/C20H27N5O2/c1-13-16(14(2)27-23-13)6-7-18(26)24-10-17(20(11-24)8-3-9-20)19-22-21-12-25(19)15-4-5-15/h12,15,17H,3-11H2,1-2H3. The van der Waals surface area contributed by atoms with Crippen LogP contribution in [0.3, 0.4) is 0 Å². The zero-order chi connectivity index (χ0) is 18.6. The van der Waals surface area contributed by atoms with E-state index in [1.54, 1.807) is 0 Å². The topological polar surface area (TPSA) is 77.1 Å². The van der Waals surface area contributed by atoms with Crippen LogP contribution in [0.5, 0.6) is 0 Å². The van der Waals surface area contributed by atoms with Crippen LogP contribution < -0.4 is 0 Å². The van der Waals surface area contributed by atoms with E-state index in [-0.39, 0.29) is 11.3 Å². The lowest BCUT2D eigenvalue weighted by molar-refractivity contribution is -0.130. The Hall–Kier alpha value is -2.18. The molecule has 0 bridgehead atoms. The minimum absolute atomic E-state index is 0.221. The van der Waals surface area contributed by atoms with Gasteiger partial charge in [-0.05, 0) is 51.4 Å². The molecule has 0 N–H and O–H groups in total. The van der Waals surface area contributed by atoms with Crippen molar-refractivity contribution in [1.29, 1.82) is 0 Å². The highest BCUT2D eigenvalue weighted by Crippen LogP contribution is 2.56. The maximum atomic E-state index is 13.0. The molecule has 2 aliphatic carbocycles. The van der Waals surface area contributed by atoms with E-state index in [1.165, 1.54) is 32.1 Å². The van der Waals surface area contributed by atoms with E-state index in [1.807, 2.05) is 20.2 Å². The van der Waals surface area contributed by atoms with Crippen molar-refractivity contribution in [3.05, 3.63) is 29.2 Å². The first-order valence-corrected chi connectivity index (χ1v) is 10.2. The smallest absolute Gasteiger partial charge is 0.222 e. The fourth-order valence-electron chi connectivity index (χ4n) is 5.04. The Balaban J connectivity index is 1.31. The third kappa shape index (κ3) is 2.78. The SMILES string of the molecule is Cc1noc(C)c1CCC(=O)N1CC(c2nncn2C2CC2)C2(CCC2)C1. The molecule has 1 saturated heterocycles. The second-order valence-corrected chi connectivity index (χ2v) is 8.67. The number of carbonyl (C=O) groups is 1. The maximum Gasteiger partial charge on any atom is 0.222 e. The fraction of sp³-hybridized carbons (Fsp3) is 0.700. The summed E-state index contributed by atoms with van der Waals surface area (Å²) in [5.41, 5.74) is 2.19. The van der Waals surface area contributed by atoms with Crippen molar-refractivity contribution in [3.63, 3.8) is 0 Å². The minimum Gasteiger partial charge on any atom is -0.361 e. The molecule has 1 aliphatic heterocycles. The summed E-state index contributed by atoms with van der Waals surface area (Å²) >= 11 is 0. The molecule has 7 heteroatoms. The first-order chi connectivity index (χ1) is 13.1. The molecular weight excluding hydrogens is 342 g/mol. The van der Waals surface area contributed by atoms with Gasteiger partial charge in [0.05, 0.1) is 5.69 Å². The van der Waals surface area contributed by atoms with E-state index in [2.05, 4.69) is 24.8 Å². The zero-order valence-corrected chi connectivity index (χ0v) is 16.1. The van der Waals surface area contributed by atoms with Crippen LogP contribution in [-0.4, -0.2) is 43.8 Å². The fourth-order valence-corrected chi connectivity index (χ4v) is 5.04. The van der Waals surface area contributed by atoms with E-state index in [0.717, 1.165) is 35.9 Å². The molecule has 1 unspecified atom stereocenters. The predicted octanol–water partition coefficient (Wildman–Crippen LogP) is 2.95. The normalized spacial score (nSPS) is 23.8. The number of hydrogen-bond donors (Lipinski definition) is 0. The molecule has 27 heavy (non-hydrogen) atoms. The molecule has 0 radical (unpaired) electrons. The molecule has 2 saturated carbocycles. The number of aryl methyl sites for hydroxylation is 2. The van der Waals surface area contributed by atoms with Crippen LogP contribution in [0.25, 0.3) is 0 Å². The van der Waals surface area contributed by atoms with Crippen molar-refractivity contribution in [3.8, 4) is 0 Å². The first kappa shape index (κ1) is 17.0. The van der Waals surface area contributed by atoms with Gasteiger partial charge in [0.25, 0.3) is 0 Å². The Kier molecular flexibility index (Phi) is 3.88. The summed E-state index contributed by atoms with van der Waals surface area (Å²) in [6.45, 7) is 5.51. The van der Waals surface area contributed by atoms with Gasteiger partial charge in [-0.3, -0.25) is 4.79 Å². The number of amides is 1. The van der Waals surface area contributed by atoms with Gasteiger partial charge in [0, 0.05) is 37.0 Å². The number of carbonyl (C=O) groups excluding carboxylic acids is 1. The van der Waals surface area contributed by atoms with Crippen LogP contribution in [0, 0.1) is 19.3 Å². The van der Waals surface area contributed by atoms with Crippen LogP contribution in [0.4, 0.5) is 0 Å². The van der Waals surface area contributed by atoms with Crippen molar-refractivity contribution in [2.75, 3.05) is 13.1 Å². The number of nitrogens with zero attached hydrogens (tertiary/aromatic N) is 5. The van der Waals surface area contributed by atoms with Crippen LogP contribution in [0.15, 0.2) is 10.9 Å². The van der Waals surface area contributed by atoms with Gasteiger partial charge in [0.1, 0.15) is 17.9 Å². The molecule has 2 aromatic rings. The van der Waals surface area contributed by atoms with E-state index < -0.39 is 0 Å². The highest BCUT2D eigenvalue weighted by Gasteiger charge is 2.54. The van der Waals surface area contributed by atoms with Gasteiger partial charge >= 0.3 is 0 Å². The van der Waals surface area contributed by atoms with Gasteiger partial charge < -0.3 is 14.0 Å². The Morgan fingerprint density at radius 2 is 2.15 bits per heavy atom. The lowest BCUT2D eigenvalue weighted by Crippen LogP contribution is -2.38. The molecule has 3 aliphatic rings. The van der Waals surface area contributed by atoms with E-state index >= 15 is 0 Å². The average Bonchev–Trinajstić information content (AvgIpc) is 3.08. The van der Waals surface area contributed by atoms with Gasteiger partial charge in [-0.1, -0.05) is 11.6 Å². The number of rotatable bonds is 5. The average molecular weight is 369 g/mol. The lowest BCUT2D eigenvalue weighted by atomic mass is 9.62. The molecule has 7 nitrogen and oxygen atoms in total. The molecular formula is C20H27N5O2. The van der Waals surface area contributed by atoms with Crippen molar-refractivity contribution in [1.82, 2.24) is 24.8 Å². The van der Waals surface area contributed by atoms with E-state index in [4.69, 9.17) is 4.52 Å². The molecule has 3 fully saturated rings. The van der Waals surface area contributed by atoms with Gasteiger partial charge in [0.15, 0.2) is 0 Å². The Morgan fingerprint density at radius 1 is 1.33 bits per heavy atom. The van der Waals surface area contributed by atoms with Gasteiger partial charge in [0.2, 0.25) is 5.91 Å². The second-order valence-electron chi connectivity index (χ2n) is 8.67. The summed E-state index contributed by atoms with van der Waals surface area (Å²) in [7, 11) is 0. The summed E-state index contributed by atoms with van der Waals surface area (Å²) in [6, 6.07) is 0.580. The summed E-state index contributed by atoms with van der Waals surface area (Å²) in [5.74, 6) is 2.50. The Bertz CT molecular complexity index is 842. The zero-order valence-electron chi connectivity index (χ0n) is 16.1. The number of aromatic nitrogens is 4. The molecule has 1 amide bonds. The third-order valence-corrected chi connectivity index (χ3v) is 6.97. The molecule has 144 valence electrons. The van der Waals surface area contributed by atoms with Crippen molar-refractivity contribution >= 4 is 5.91 Å². The van der Waals surface area contributed by atoms with Gasteiger partial charge in [-0.15, -0.1) is 10.2 Å².